The largest absolute Gasteiger partial charge is 0.362 e. The van der Waals surface area contributed by atoms with E-state index in [1.165, 1.54) is 16.7 Å². The highest BCUT2D eigenvalue weighted by Gasteiger charge is 2.23. The summed E-state index contributed by atoms with van der Waals surface area (Å²) in [6.07, 6.45) is 1.60. The lowest BCUT2D eigenvalue weighted by molar-refractivity contribution is -0.306. The summed E-state index contributed by atoms with van der Waals surface area (Å²) in [5.74, 6) is 0.0203. The molecule has 0 aliphatic carbocycles. The molecule has 0 unspecified atom stereocenters. The lowest BCUT2D eigenvalue weighted by Gasteiger charge is -2.27. The number of benzene rings is 2. The monoisotopic (exact) mass is 463 g/mol. The fourth-order valence-electron chi connectivity index (χ4n) is 3.25. The Morgan fingerprint density at radius 3 is 2.55 bits per heavy atom. The highest BCUT2D eigenvalue weighted by atomic mass is 79.9. The van der Waals surface area contributed by atoms with Crippen molar-refractivity contribution in [2.45, 2.75) is 13.1 Å². The molecule has 2 aromatic carbocycles. The molecule has 29 heavy (non-hydrogen) atoms. The van der Waals surface area contributed by atoms with Crippen LogP contribution >= 0.6 is 15.9 Å². The van der Waals surface area contributed by atoms with Crippen LogP contribution in [0.3, 0.4) is 0 Å². The number of rotatable bonds is 6. The number of piperazine rings is 1. The van der Waals surface area contributed by atoms with Gasteiger partial charge >= 0.3 is 0 Å². The van der Waals surface area contributed by atoms with Gasteiger partial charge in [-0.05, 0) is 45.3 Å². The lowest BCUT2D eigenvalue weighted by atomic mass is 10.1. The second kappa shape index (κ2) is 9.10. The summed E-state index contributed by atoms with van der Waals surface area (Å²) in [6, 6.07) is 12.9. The summed E-state index contributed by atoms with van der Waals surface area (Å²) in [7, 11) is 0. The van der Waals surface area contributed by atoms with Crippen LogP contribution in [0.2, 0.25) is 0 Å². The number of anilines is 1. The predicted octanol–water partition coefficient (Wildman–Crippen LogP) is 2.94. The van der Waals surface area contributed by atoms with Crippen molar-refractivity contribution in [3.63, 3.8) is 0 Å². The molecule has 2 heterocycles. The number of hydrogen-bond acceptors (Lipinski definition) is 7. The van der Waals surface area contributed by atoms with E-state index in [-0.39, 0.29) is 5.82 Å². The Balaban J connectivity index is 1.33. The molecule has 4 rings (SSSR count). The van der Waals surface area contributed by atoms with Gasteiger partial charge in [0.2, 0.25) is 0 Å². The van der Waals surface area contributed by atoms with E-state index in [0.29, 0.717) is 27.8 Å². The van der Waals surface area contributed by atoms with Gasteiger partial charge in [-0.3, -0.25) is 10.1 Å². The first kappa shape index (κ1) is 20.1. The van der Waals surface area contributed by atoms with E-state index in [4.69, 9.17) is 4.94 Å². The van der Waals surface area contributed by atoms with E-state index in [9.17, 15) is 9.60 Å². The summed E-state index contributed by atoms with van der Waals surface area (Å²) in [4.78, 5) is 7.70. The Hall–Kier alpha value is -2.17. The molecule has 0 radical (unpaired) electrons. The minimum atomic E-state index is -0.364. The first-order chi connectivity index (χ1) is 14.1. The van der Waals surface area contributed by atoms with E-state index in [2.05, 4.69) is 55.7 Å². The first-order valence-electron chi connectivity index (χ1n) is 9.46. The van der Waals surface area contributed by atoms with E-state index in [1.54, 1.807) is 18.3 Å². The van der Waals surface area contributed by atoms with Crippen LogP contribution in [0.15, 0.2) is 59.0 Å². The van der Waals surface area contributed by atoms with E-state index in [0.717, 1.165) is 38.3 Å². The van der Waals surface area contributed by atoms with Gasteiger partial charge in [-0.25, -0.2) is 4.39 Å². The SMILES string of the molecule is ON1ON(c2ccc(F)c(Br)c2)C=C1NCc1ccc(CN2CCNCC2)cc1. The zero-order chi connectivity index (χ0) is 20.2. The van der Waals surface area contributed by atoms with Crippen molar-refractivity contribution in [1.29, 1.82) is 0 Å². The predicted molar refractivity (Wildman–Crippen MR) is 111 cm³/mol. The molecule has 9 heteroatoms. The van der Waals surface area contributed by atoms with Gasteiger partial charge in [-0.15, -0.1) is 4.94 Å². The molecule has 2 aliphatic heterocycles. The van der Waals surface area contributed by atoms with Crippen molar-refractivity contribution >= 4 is 21.6 Å². The molecule has 1 saturated heterocycles. The molecule has 0 atom stereocenters. The second-order valence-electron chi connectivity index (χ2n) is 6.99. The van der Waals surface area contributed by atoms with Gasteiger partial charge < -0.3 is 10.6 Å². The molecule has 2 aliphatic rings. The fourth-order valence-corrected chi connectivity index (χ4v) is 3.62. The fraction of sp³-hybridized carbons (Fsp3) is 0.300. The standard InChI is InChI=1S/C20H23BrFN5O2/c21-18-11-17(5-6-19(18)22)26-14-20(27(28)29-26)24-12-15-1-3-16(4-2-15)13-25-9-7-23-8-10-25/h1-6,11,14,23-24,28H,7-10,12-13H2. The molecular weight excluding hydrogens is 441 g/mol. The van der Waals surface area contributed by atoms with E-state index < -0.39 is 0 Å². The van der Waals surface area contributed by atoms with Gasteiger partial charge in [0.05, 0.1) is 16.4 Å². The lowest BCUT2D eigenvalue weighted by Crippen LogP contribution is -2.42. The van der Waals surface area contributed by atoms with Gasteiger partial charge in [-0.1, -0.05) is 29.5 Å². The molecule has 1 fully saturated rings. The smallest absolute Gasteiger partial charge is 0.179 e. The Kier molecular flexibility index (Phi) is 6.31. The van der Waals surface area contributed by atoms with Crippen LogP contribution in [0.5, 0.6) is 0 Å². The summed E-state index contributed by atoms with van der Waals surface area (Å²) in [5.41, 5.74) is 2.95. The summed E-state index contributed by atoms with van der Waals surface area (Å²) < 4.78 is 13.7. The van der Waals surface area contributed by atoms with Crippen molar-refractivity contribution in [1.82, 2.24) is 20.8 Å². The normalized spacial score (nSPS) is 17.6. The zero-order valence-electron chi connectivity index (χ0n) is 15.8. The van der Waals surface area contributed by atoms with E-state index >= 15 is 0 Å². The second-order valence-corrected chi connectivity index (χ2v) is 7.84. The van der Waals surface area contributed by atoms with Crippen molar-refractivity contribution in [3.05, 3.63) is 75.9 Å². The molecule has 0 saturated carbocycles. The quantitative estimate of drug-likeness (QED) is 0.608. The Labute approximate surface area is 177 Å². The third-order valence-electron chi connectivity index (χ3n) is 4.88. The molecule has 0 aromatic heterocycles. The van der Waals surface area contributed by atoms with Crippen LogP contribution < -0.4 is 15.7 Å². The average molecular weight is 464 g/mol. The zero-order valence-corrected chi connectivity index (χ0v) is 17.4. The molecule has 2 aromatic rings. The maximum atomic E-state index is 13.4. The van der Waals surface area contributed by atoms with Crippen molar-refractivity contribution in [2.75, 3.05) is 31.2 Å². The number of hydrogen-bond donors (Lipinski definition) is 3. The minimum Gasteiger partial charge on any atom is -0.362 e. The summed E-state index contributed by atoms with van der Waals surface area (Å²) in [5, 5.41) is 18.5. The van der Waals surface area contributed by atoms with Crippen LogP contribution in [-0.2, 0) is 18.0 Å². The van der Waals surface area contributed by atoms with Crippen LogP contribution in [0, 0.1) is 5.82 Å². The van der Waals surface area contributed by atoms with E-state index in [1.807, 2.05) is 0 Å². The van der Waals surface area contributed by atoms with Gasteiger partial charge in [-0.2, -0.15) is 5.06 Å². The molecule has 154 valence electrons. The Morgan fingerprint density at radius 2 is 1.83 bits per heavy atom. The van der Waals surface area contributed by atoms with Gasteiger partial charge in [0, 0.05) is 39.3 Å². The maximum Gasteiger partial charge on any atom is 0.179 e. The maximum absolute atomic E-state index is 13.4. The third kappa shape index (κ3) is 5.06. The van der Waals surface area contributed by atoms with Gasteiger partial charge in [0.1, 0.15) is 5.82 Å². The molecule has 0 bridgehead atoms. The molecule has 3 N–H and O–H groups in total. The van der Waals surface area contributed by atoms with Gasteiger partial charge in [0.15, 0.2) is 5.82 Å². The molecule has 0 spiro atoms. The minimum absolute atomic E-state index is 0.318. The summed E-state index contributed by atoms with van der Waals surface area (Å²) in [6.45, 7) is 5.73. The highest BCUT2D eigenvalue weighted by molar-refractivity contribution is 9.10. The van der Waals surface area contributed by atoms with Crippen LogP contribution in [0.4, 0.5) is 10.1 Å². The summed E-state index contributed by atoms with van der Waals surface area (Å²) >= 11 is 3.15. The van der Waals surface area contributed by atoms with Crippen molar-refractivity contribution in [2.24, 2.45) is 0 Å². The van der Waals surface area contributed by atoms with Gasteiger partial charge in [0.25, 0.3) is 0 Å². The molecular formula is C20H23BrFN5O2. The Bertz CT molecular complexity index is 874. The van der Waals surface area contributed by atoms with Crippen molar-refractivity contribution in [3.8, 4) is 0 Å². The van der Waals surface area contributed by atoms with Crippen LogP contribution in [-0.4, -0.2) is 41.5 Å². The highest BCUT2D eigenvalue weighted by Crippen LogP contribution is 2.27. The first-order valence-corrected chi connectivity index (χ1v) is 10.3. The molecule has 0 amide bonds. The number of nitrogens with zero attached hydrogens (tertiary/aromatic N) is 3. The number of nitrogens with one attached hydrogen (secondary N) is 2. The topological polar surface area (TPSA) is 63.2 Å². The van der Waals surface area contributed by atoms with Crippen molar-refractivity contribution < 1.29 is 14.5 Å². The number of halogens is 2. The average Bonchev–Trinajstić information content (AvgIpc) is 3.11. The third-order valence-corrected chi connectivity index (χ3v) is 5.49. The van der Waals surface area contributed by atoms with Crippen LogP contribution in [0.25, 0.3) is 0 Å². The Morgan fingerprint density at radius 1 is 1.10 bits per heavy atom. The van der Waals surface area contributed by atoms with Crippen LogP contribution in [0.1, 0.15) is 11.1 Å². The number of hydroxylamine groups is 3. The molecule has 7 nitrogen and oxygen atoms in total.